The van der Waals surface area contributed by atoms with Gasteiger partial charge in [-0.25, -0.2) is 0 Å². The quantitative estimate of drug-likeness (QED) is 0.714. The van der Waals surface area contributed by atoms with Gasteiger partial charge in [0.25, 0.3) is 0 Å². The molecular weight excluding hydrogens is 210 g/mol. The molecular formula is C11H16ClN3. The van der Waals surface area contributed by atoms with E-state index in [1.54, 1.807) is 0 Å². The van der Waals surface area contributed by atoms with Gasteiger partial charge in [0.05, 0.1) is 0 Å². The van der Waals surface area contributed by atoms with Crippen molar-refractivity contribution < 1.29 is 0 Å². The molecule has 0 bridgehead atoms. The van der Waals surface area contributed by atoms with Crippen molar-refractivity contribution in [1.29, 1.82) is 0 Å². The van der Waals surface area contributed by atoms with Crippen molar-refractivity contribution in [2.45, 2.75) is 12.5 Å². The maximum Gasteiger partial charge on any atom is 0.0491 e. The van der Waals surface area contributed by atoms with Gasteiger partial charge >= 0.3 is 0 Å². The summed E-state index contributed by atoms with van der Waals surface area (Å²) in [6.45, 7) is 4.60. The highest BCUT2D eigenvalue weighted by molar-refractivity contribution is 5.85. The van der Waals surface area contributed by atoms with E-state index in [4.69, 9.17) is 0 Å². The summed E-state index contributed by atoms with van der Waals surface area (Å²) in [6, 6.07) is 2.74. The van der Waals surface area contributed by atoms with Crippen LogP contribution in [0.5, 0.6) is 0 Å². The Balaban J connectivity index is 0.000000853. The van der Waals surface area contributed by atoms with Gasteiger partial charge in [-0.3, -0.25) is 9.88 Å². The van der Waals surface area contributed by atoms with Crippen LogP contribution in [0.3, 0.4) is 0 Å². The monoisotopic (exact) mass is 225 g/mol. The molecule has 0 saturated carbocycles. The van der Waals surface area contributed by atoms with Gasteiger partial charge in [0.15, 0.2) is 0 Å². The summed E-state index contributed by atoms with van der Waals surface area (Å²) in [7, 11) is 0. The van der Waals surface area contributed by atoms with Crippen molar-refractivity contribution in [3.05, 3.63) is 29.6 Å². The first kappa shape index (κ1) is 10.9. The minimum Gasteiger partial charge on any atom is -0.314 e. The zero-order chi connectivity index (χ0) is 9.38. The van der Waals surface area contributed by atoms with E-state index < -0.39 is 0 Å². The number of piperazine rings is 1. The van der Waals surface area contributed by atoms with Crippen molar-refractivity contribution in [2.75, 3.05) is 26.2 Å². The van der Waals surface area contributed by atoms with E-state index in [9.17, 15) is 0 Å². The van der Waals surface area contributed by atoms with Crippen LogP contribution >= 0.6 is 12.4 Å². The molecule has 3 heterocycles. The van der Waals surface area contributed by atoms with E-state index in [-0.39, 0.29) is 12.4 Å². The molecule has 0 aliphatic carbocycles. The summed E-state index contributed by atoms with van der Waals surface area (Å²) in [4.78, 5) is 6.80. The van der Waals surface area contributed by atoms with E-state index in [0.717, 1.165) is 13.1 Å². The Morgan fingerprint density at radius 1 is 1.40 bits per heavy atom. The fourth-order valence-corrected chi connectivity index (χ4v) is 2.55. The molecule has 82 valence electrons. The number of halogens is 1. The molecule has 1 unspecified atom stereocenters. The van der Waals surface area contributed by atoms with E-state index in [1.807, 2.05) is 12.4 Å². The minimum atomic E-state index is 0. The smallest absolute Gasteiger partial charge is 0.0491 e. The number of rotatable bonds is 0. The molecule has 15 heavy (non-hydrogen) atoms. The van der Waals surface area contributed by atoms with E-state index >= 15 is 0 Å². The molecule has 1 aromatic rings. The Kier molecular flexibility index (Phi) is 3.24. The zero-order valence-corrected chi connectivity index (χ0v) is 9.46. The first-order chi connectivity index (χ1) is 6.95. The fraction of sp³-hybridized carbons (Fsp3) is 0.545. The minimum absolute atomic E-state index is 0. The summed E-state index contributed by atoms with van der Waals surface area (Å²) in [5, 5.41) is 3.46. The molecule has 1 atom stereocenters. The lowest BCUT2D eigenvalue weighted by Gasteiger charge is -2.40. The second kappa shape index (κ2) is 4.47. The Bertz CT molecular complexity index is 342. The molecule has 2 aliphatic rings. The van der Waals surface area contributed by atoms with E-state index in [0.29, 0.717) is 6.04 Å². The largest absolute Gasteiger partial charge is 0.314 e. The third kappa shape index (κ3) is 1.87. The number of aromatic nitrogens is 1. The molecule has 0 aromatic carbocycles. The summed E-state index contributed by atoms with van der Waals surface area (Å²) in [5.41, 5.74) is 2.93. The molecule has 1 aromatic heterocycles. The fourth-order valence-electron chi connectivity index (χ4n) is 2.55. The summed E-state index contributed by atoms with van der Waals surface area (Å²) in [6.07, 6.45) is 5.14. The highest BCUT2D eigenvalue weighted by Crippen LogP contribution is 2.29. The molecule has 1 fully saturated rings. The normalized spacial score (nSPS) is 24.9. The van der Waals surface area contributed by atoms with Crippen LogP contribution in [0.4, 0.5) is 0 Å². The number of nitrogens with one attached hydrogen (secondary N) is 1. The van der Waals surface area contributed by atoms with Crippen LogP contribution in [0, 0.1) is 0 Å². The second-order valence-corrected chi connectivity index (χ2v) is 4.08. The Morgan fingerprint density at radius 2 is 2.33 bits per heavy atom. The van der Waals surface area contributed by atoms with Crippen LogP contribution in [-0.2, 0) is 6.42 Å². The standard InChI is InChI=1S/C11H15N3.ClH/c1-3-12-7-10-9(1)2-5-14-6-4-13-8-11(10)14;/h1,3,7,11,13H,2,4-6,8H2;1H. The van der Waals surface area contributed by atoms with Crippen LogP contribution in [0.1, 0.15) is 17.2 Å². The van der Waals surface area contributed by atoms with Crippen molar-refractivity contribution in [3.8, 4) is 0 Å². The van der Waals surface area contributed by atoms with Crippen molar-refractivity contribution in [3.63, 3.8) is 0 Å². The van der Waals surface area contributed by atoms with Gasteiger partial charge in [-0.05, 0) is 23.6 Å². The molecule has 0 spiro atoms. The number of pyridine rings is 1. The number of hydrogen-bond donors (Lipinski definition) is 1. The molecule has 1 N–H and O–H groups in total. The highest BCUT2D eigenvalue weighted by Gasteiger charge is 2.28. The maximum absolute atomic E-state index is 4.23. The lowest BCUT2D eigenvalue weighted by atomic mass is 9.93. The number of nitrogens with zero attached hydrogens (tertiary/aromatic N) is 2. The molecule has 0 radical (unpaired) electrons. The van der Waals surface area contributed by atoms with Crippen molar-refractivity contribution >= 4 is 12.4 Å². The molecule has 0 amide bonds. The van der Waals surface area contributed by atoms with Gasteiger partial charge < -0.3 is 5.32 Å². The second-order valence-electron chi connectivity index (χ2n) is 4.08. The average molecular weight is 226 g/mol. The van der Waals surface area contributed by atoms with Crippen LogP contribution in [0.15, 0.2) is 18.5 Å². The van der Waals surface area contributed by atoms with Gasteiger partial charge in [-0.1, -0.05) is 0 Å². The van der Waals surface area contributed by atoms with Crippen molar-refractivity contribution in [1.82, 2.24) is 15.2 Å². The van der Waals surface area contributed by atoms with Crippen molar-refractivity contribution in [2.24, 2.45) is 0 Å². The van der Waals surface area contributed by atoms with Gasteiger partial charge in [-0.2, -0.15) is 0 Å². The highest BCUT2D eigenvalue weighted by atomic mass is 35.5. The van der Waals surface area contributed by atoms with Gasteiger partial charge in [0, 0.05) is 44.6 Å². The molecule has 3 rings (SSSR count). The molecule has 3 nitrogen and oxygen atoms in total. The third-order valence-corrected chi connectivity index (χ3v) is 3.33. The van der Waals surface area contributed by atoms with Crippen LogP contribution in [0.2, 0.25) is 0 Å². The summed E-state index contributed by atoms with van der Waals surface area (Å²) < 4.78 is 0. The van der Waals surface area contributed by atoms with Gasteiger partial charge in [0.1, 0.15) is 0 Å². The number of hydrogen-bond acceptors (Lipinski definition) is 3. The SMILES string of the molecule is Cl.c1cc2c(cn1)C1CNCCN1CC2. The first-order valence-electron chi connectivity index (χ1n) is 5.33. The Morgan fingerprint density at radius 3 is 3.27 bits per heavy atom. The predicted octanol–water partition coefficient (Wildman–Crippen LogP) is 1.01. The van der Waals surface area contributed by atoms with Crippen LogP contribution in [0.25, 0.3) is 0 Å². The number of fused-ring (bicyclic) bond motifs is 3. The lowest BCUT2D eigenvalue weighted by Crippen LogP contribution is -2.48. The summed E-state index contributed by atoms with van der Waals surface area (Å²) >= 11 is 0. The van der Waals surface area contributed by atoms with E-state index in [2.05, 4.69) is 21.3 Å². The first-order valence-corrected chi connectivity index (χ1v) is 5.33. The van der Waals surface area contributed by atoms with Gasteiger partial charge in [-0.15, -0.1) is 12.4 Å². The molecule has 1 saturated heterocycles. The average Bonchev–Trinajstić information content (AvgIpc) is 2.29. The van der Waals surface area contributed by atoms with Crippen LogP contribution in [-0.4, -0.2) is 36.1 Å². The van der Waals surface area contributed by atoms with Gasteiger partial charge in [0.2, 0.25) is 0 Å². The Hall–Kier alpha value is -0.640. The summed E-state index contributed by atoms with van der Waals surface area (Å²) in [5.74, 6) is 0. The van der Waals surface area contributed by atoms with Crippen LogP contribution < -0.4 is 5.32 Å². The lowest BCUT2D eigenvalue weighted by molar-refractivity contribution is 0.151. The third-order valence-electron chi connectivity index (χ3n) is 3.33. The predicted molar refractivity (Wildman–Crippen MR) is 62.4 cm³/mol. The topological polar surface area (TPSA) is 28.2 Å². The van der Waals surface area contributed by atoms with E-state index in [1.165, 1.54) is 30.6 Å². The molecule has 2 aliphatic heterocycles. The Labute approximate surface area is 96.3 Å². The zero-order valence-electron chi connectivity index (χ0n) is 8.65. The molecule has 4 heteroatoms. The maximum atomic E-state index is 4.23.